The zero-order valence-corrected chi connectivity index (χ0v) is 16.7. The van der Waals surface area contributed by atoms with E-state index in [1.54, 1.807) is 36.4 Å². The first-order valence-corrected chi connectivity index (χ1v) is 9.41. The van der Waals surface area contributed by atoms with Gasteiger partial charge in [-0.15, -0.1) is 0 Å². The molecule has 0 radical (unpaired) electrons. The van der Waals surface area contributed by atoms with E-state index in [9.17, 15) is 4.79 Å². The molecule has 0 fully saturated rings. The highest BCUT2D eigenvalue weighted by molar-refractivity contribution is 6.37. The monoisotopic (exact) mass is 415 g/mol. The van der Waals surface area contributed by atoms with Gasteiger partial charge in [0.05, 0.1) is 15.6 Å². The summed E-state index contributed by atoms with van der Waals surface area (Å²) in [6, 6.07) is 18.2. The maximum atomic E-state index is 11.1. The summed E-state index contributed by atoms with van der Waals surface area (Å²) in [4.78, 5) is 11.1. The molecule has 28 heavy (non-hydrogen) atoms. The molecule has 0 saturated carbocycles. The van der Waals surface area contributed by atoms with Gasteiger partial charge in [0.25, 0.3) is 0 Å². The molecule has 4 nitrogen and oxygen atoms in total. The molecule has 0 heterocycles. The van der Waals surface area contributed by atoms with Crippen molar-refractivity contribution in [3.63, 3.8) is 0 Å². The minimum Gasteiger partial charge on any atom is -0.486 e. The van der Waals surface area contributed by atoms with Crippen molar-refractivity contribution in [3.8, 4) is 5.75 Å². The lowest BCUT2D eigenvalue weighted by Gasteiger charge is -2.13. The second-order valence-corrected chi connectivity index (χ2v) is 7.22. The van der Waals surface area contributed by atoms with Crippen LogP contribution in [0.15, 0.2) is 60.7 Å². The van der Waals surface area contributed by atoms with Crippen molar-refractivity contribution in [2.24, 2.45) is 0 Å². The zero-order chi connectivity index (χ0) is 20.1. The van der Waals surface area contributed by atoms with E-state index >= 15 is 0 Å². The summed E-state index contributed by atoms with van der Waals surface area (Å²) in [5.41, 5.74) is 4.00. The van der Waals surface area contributed by atoms with Crippen LogP contribution < -0.4 is 10.1 Å². The molecule has 3 aromatic rings. The Morgan fingerprint density at radius 2 is 1.68 bits per heavy atom. The van der Waals surface area contributed by atoms with Crippen LogP contribution in [0.5, 0.6) is 5.75 Å². The fourth-order valence-electron chi connectivity index (χ4n) is 2.66. The molecule has 0 aromatic heterocycles. The van der Waals surface area contributed by atoms with E-state index < -0.39 is 5.97 Å². The van der Waals surface area contributed by atoms with E-state index in [2.05, 4.69) is 5.32 Å². The van der Waals surface area contributed by atoms with Crippen LogP contribution in [0.4, 0.5) is 5.69 Å². The molecular formula is C22H19Cl2NO3. The Hall–Kier alpha value is -2.69. The molecule has 3 aromatic carbocycles. The van der Waals surface area contributed by atoms with Gasteiger partial charge in [0.2, 0.25) is 0 Å². The highest BCUT2D eigenvalue weighted by Gasteiger charge is 2.11. The van der Waals surface area contributed by atoms with Gasteiger partial charge in [-0.25, -0.2) is 4.79 Å². The van der Waals surface area contributed by atoms with Gasteiger partial charge in [0.15, 0.2) is 5.75 Å². The smallest absolute Gasteiger partial charge is 0.335 e. The summed E-state index contributed by atoms with van der Waals surface area (Å²) < 4.78 is 5.80. The van der Waals surface area contributed by atoms with Crippen LogP contribution in [-0.2, 0) is 13.2 Å². The number of rotatable bonds is 7. The first-order chi connectivity index (χ1) is 13.4. The number of hydrogen-bond donors (Lipinski definition) is 2. The summed E-state index contributed by atoms with van der Waals surface area (Å²) in [5.74, 6) is -0.523. The number of anilines is 1. The van der Waals surface area contributed by atoms with E-state index in [0.717, 1.165) is 11.1 Å². The number of benzene rings is 3. The molecule has 0 aliphatic carbocycles. The zero-order valence-electron chi connectivity index (χ0n) is 15.2. The van der Waals surface area contributed by atoms with E-state index in [0.29, 0.717) is 34.6 Å². The van der Waals surface area contributed by atoms with Crippen LogP contribution >= 0.6 is 23.2 Å². The number of carboxylic acid groups (broad SMARTS) is 1. The van der Waals surface area contributed by atoms with E-state index in [1.807, 2.05) is 31.2 Å². The van der Waals surface area contributed by atoms with Crippen LogP contribution in [0.1, 0.15) is 27.0 Å². The summed E-state index contributed by atoms with van der Waals surface area (Å²) in [6.45, 7) is 2.85. The van der Waals surface area contributed by atoms with Gasteiger partial charge >= 0.3 is 5.97 Å². The fourth-order valence-corrected chi connectivity index (χ4v) is 3.30. The average Bonchev–Trinajstić information content (AvgIpc) is 2.67. The van der Waals surface area contributed by atoms with Crippen LogP contribution in [0.3, 0.4) is 0 Å². The summed E-state index contributed by atoms with van der Waals surface area (Å²) >= 11 is 12.7. The number of carbonyl (C=O) groups is 1. The van der Waals surface area contributed by atoms with E-state index in [4.69, 9.17) is 33.0 Å². The van der Waals surface area contributed by atoms with Gasteiger partial charge in [-0.05, 0) is 48.4 Å². The van der Waals surface area contributed by atoms with Crippen LogP contribution in [0.25, 0.3) is 0 Å². The van der Waals surface area contributed by atoms with E-state index in [-0.39, 0.29) is 5.56 Å². The number of carboxylic acids is 1. The normalized spacial score (nSPS) is 10.5. The van der Waals surface area contributed by atoms with Crippen molar-refractivity contribution >= 4 is 34.9 Å². The van der Waals surface area contributed by atoms with Crippen molar-refractivity contribution in [1.82, 2.24) is 0 Å². The molecule has 0 aliphatic heterocycles. The average molecular weight is 416 g/mol. The van der Waals surface area contributed by atoms with Gasteiger partial charge in [0.1, 0.15) is 6.61 Å². The van der Waals surface area contributed by atoms with E-state index in [1.165, 1.54) is 5.56 Å². The highest BCUT2D eigenvalue weighted by Crippen LogP contribution is 2.35. The third kappa shape index (κ3) is 5.18. The van der Waals surface area contributed by atoms with Crippen LogP contribution in [0, 0.1) is 6.92 Å². The summed E-state index contributed by atoms with van der Waals surface area (Å²) in [5, 5.41) is 13.1. The second-order valence-electron chi connectivity index (χ2n) is 6.40. The standard InChI is InChI=1S/C22H19Cl2NO3/c1-14-5-7-15(8-6-14)13-28-21-19(23)9-16(10-20(21)24)12-25-18-4-2-3-17(11-18)22(26)27/h2-11,25H,12-13H2,1H3,(H,26,27). The first kappa shape index (κ1) is 20.1. The number of ether oxygens (including phenoxy) is 1. The lowest BCUT2D eigenvalue weighted by Crippen LogP contribution is -2.03. The van der Waals surface area contributed by atoms with Crippen molar-refractivity contribution in [3.05, 3.63) is 93.0 Å². The Bertz CT molecular complexity index is 964. The Morgan fingerprint density at radius 1 is 1.00 bits per heavy atom. The number of aromatic carboxylic acids is 1. The molecule has 0 atom stereocenters. The Kier molecular flexibility index (Phi) is 6.45. The second kappa shape index (κ2) is 9.00. The number of aryl methyl sites for hydroxylation is 1. The van der Waals surface area contributed by atoms with Crippen molar-refractivity contribution in [2.45, 2.75) is 20.1 Å². The van der Waals surface area contributed by atoms with Crippen molar-refractivity contribution < 1.29 is 14.6 Å². The molecule has 6 heteroatoms. The first-order valence-electron chi connectivity index (χ1n) is 8.66. The van der Waals surface area contributed by atoms with Crippen molar-refractivity contribution in [2.75, 3.05) is 5.32 Å². The summed E-state index contributed by atoms with van der Waals surface area (Å²) in [6.07, 6.45) is 0. The highest BCUT2D eigenvalue weighted by atomic mass is 35.5. The molecular weight excluding hydrogens is 397 g/mol. The maximum absolute atomic E-state index is 11.1. The number of nitrogens with one attached hydrogen (secondary N) is 1. The van der Waals surface area contributed by atoms with Gasteiger partial charge in [-0.3, -0.25) is 0 Å². The van der Waals surface area contributed by atoms with Gasteiger partial charge in [0, 0.05) is 12.2 Å². The number of halogens is 2. The van der Waals surface area contributed by atoms with Gasteiger partial charge < -0.3 is 15.2 Å². The van der Waals surface area contributed by atoms with Gasteiger partial charge in [-0.2, -0.15) is 0 Å². The predicted octanol–water partition coefficient (Wildman–Crippen LogP) is 6.19. The third-order valence-electron chi connectivity index (χ3n) is 4.17. The Morgan fingerprint density at radius 3 is 2.32 bits per heavy atom. The maximum Gasteiger partial charge on any atom is 0.335 e. The minimum absolute atomic E-state index is 0.223. The molecule has 0 spiro atoms. The molecule has 0 aliphatic rings. The lowest BCUT2D eigenvalue weighted by atomic mass is 10.1. The largest absolute Gasteiger partial charge is 0.486 e. The van der Waals surface area contributed by atoms with Crippen molar-refractivity contribution in [1.29, 1.82) is 0 Å². The molecule has 2 N–H and O–H groups in total. The SMILES string of the molecule is Cc1ccc(COc2c(Cl)cc(CNc3cccc(C(=O)O)c3)cc2Cl)cc1. The predicted molar refractivity (Wildman–Crippen MR) is 113 cm³/mol. The molecule has 0 unspecified atom stereocenters. The van der Waals surface area contributed by atoms with Crippen LogP contribution in [-0.4, -0.2) is 11.1 Å². The lowest BCUT2D eigenvalue weighted by molar-refractivity contribution is 0.0697. The fraction of sp³-hybridized carbons (Fsp3) is 0.136. The molecule has 3 rings (SSSR count). The molecule has 0 bridgehead atoms. The van der Waals surface area contributed by atoms with Crippen LogP contribution in [0.2, 0.25) is 10.0 Å². The van der Waals surface area contributed by atoms with Gasteiger partial charge in [-0.1, -0.05) is 59.1 Å². The molecule has 144 valence electrons. The molecule has 0 amide bonds. The molecule has 0 saturated heterocycles. The minimum atomic E-state index is -0.968. The quantitative estimate of drug-likeness (QED) is 0.482. The summed E-state index contributed by atoms with van der Waals surface area (Å²) in [7, 11) is 0. The topological polar surface area (TPSA) is 58.6 Å². The Balaban J connectivity index is 1.66. The Labute approximate surface area is 173 Å². The third-order valence-corrected chi connectivity index (χ3v) is 4.73. The number of hydrogen-bond acceptors (Lipinski definition) is 3.